The van der Waals surface area contributed by atoms with Crippen molar-refractivity contribution in [2.24, 2.45) is 0 Å². The second-order valence-corrected chi connectivity index (χ2v) is 9.18. The fourth-order valence-corrected chi connectivity index (χ4v) is 5.23. The van der Waals surface area contributed by atoms with Crippen LogP contribution in [0.3, 0.4) is 0 Å². The van der Waals surface area contributed by atoms with E-state index in [1.54, 1.807) is 27.8 Å². The van der Waals surface area contributed by atoms with Gasteiger partial charge < -0.3 is 9.64 Å². The van der Waals surface area contributed by atoms with Gasteiger partial charge in [-0.3, -0.25) is 14.3 Å². The number of imidazole rings is 1. The van der Waals surface area contributed by atoms with Crippen molar-refractivity contribution in [3.63, 3.8) is 0 Å². The van der Waals surface area contributed by atoms with Crippen LogP contribution in [-0.2, 0) is 9.53 Å². The van der Waals surface area contributed by atoms with Gasteiger partial charge in [0.15, 0.2) is 29.2 Å². The molecule has 3 heterocycles. The number of nitrogens with one attached hydrogen (secondary N) is 1. The highest BCUT2D eigenvalue weighted by molar-refractivity contribution is 5.85. The quantitative estimate of drug-likeness (QED) is 0.566. The van der Waals surface area contributed by atoms with Crippen molar-refractivity contribution in [1.29, 1.82) is 0 Å². The molecule has 2 fully saturated rings. The van der Waals surface area contributed by atoms with E-state index in [1.165, 1.54) is 6.07 Å². The van der Waals surface area contributed by atoms with E-state index in [4.69, 9.17) is 4.74 Å². The summed E-state index contributed by atoms with van der Waals surface area (Å²) in [4.78, 5) is 46.3. The molecule has 2 unspecified atom stereocenters. The van der Waals surface area contributed by atoms with E-state index in [1.807, 2.05) is 6.07 Å². The van der Waals surface area contributed by atoms with Gasteiger partial charge in [-0.15, -0.1) is 0 Å². The molecule has 2 aliphatic rings. The Balaban J connectivity index is 1.19. The fraction of sp³-hybridized carbons (Fsp3) is 0.440. The topological polar surface area (TPSA) is 97.3 Å². The highest BCUT2D eigenvalue weighted by atomic mass is 19.2. The van der Waals surface area contributed by atoms with Crippen LogP contribution < -0.4 is 5.69 Å². The van der Waals surface area contributed by atoms with Gasteiger partial charge in [0.25, 0.3) is 0 Å². The minimum Gasteiger partial charge on any atom is -0.438 e. The average molecular weight is 485 g/mol. The summed E-state index contributed by atoms with van der Waals surface area (Å²) in [5.41, 5.74) is 1.29. The third kappa shape index (κ3) is 4.56. The first-order valence-corrected chi connectivity index (χ1v) is 11.9. The molecule has 3 aromatic rings. The number of halogens is 2. The molecule has 0 spiro atoms. The van der Waals surface area contributed by atoms with Crippen LogP contribution in [0.4, 0.5) is 13.6 Å². The van der Waals surface area contributed by atoms with E-state index in [0.29, 0.717) is 44.4 Å². The molecule has 10 heteroatoms. The molecule has 0 radical (unpaired) electrons. The molecular formula is C25H26F2N4O4. The molecule has 2 aromatic heterocycles. The van der Waals surface area contributed by atoms with Crippen molar-refractivity contribution in [3.8, 4) is 0 Å². The normalized spacial score (nSPS) is 21.8. The number of hydrogen-bond donors (Lipinski definition) is 1. The molecule has 35 heavy (non-hydrogen) atoms. The lowest BCUT2D eigenvalue weighted by Gasteiger charge is -2.32. The standard InChI is InChI=1S/C25H26F2N4O4/c26-18-4-1-3-17(22(18)27)15-6-8-20(32)21(9-7-15)35-25(34)30-13-10-16(11-14-30)31-19-5-2-12-28-23(19)29-24(31)33/h1-5,12,15-16,21H,6-11,13-14H2,(H,28,29,33). The third-order valence-corrected chi connectivity index (χ3v) is 7.12. The highest BCUT2D eigenvalue weighted by Crippen LogP contribution is 2.34. The first-order chi connectivity index (χ1) is 16.9. The summed E-state index contributed by atoms with van der Waals surface area (Å²) in [5, 5.41) is 0. The van der Waals surface area contributed by atoms with Gasteiger partial charge in [-0.25, -0.2) is 23.4 Å². The van der Waals surface area contributed by atoms with E-state index >= 15 is 0 Å². The summed E-state index contributed by atoms with van der Waals surface area (Å²) in [6.07, 6.45) is 2.49. The summed E-state index contributed by atoms with van der Waals surface area (Å²) in [6.45, 7) is 0.780. The van der Waals surface area contributed by atoms with Crippen LogP contribution in [0.1, 0.15) is 56.0 Å². The third-order valence-electron chi connectivity index (χ3n) is 7.12. The Morgan fingerprint density at radius 3 is 2.63 bits per heavy atom. The summed E-state index contributed by atoms with van der Waals surface area (Å²) in [6, 6.07) is 7.60. The Morgan fingerprint density at radius 2 is 1.83 bits per heavy atom. The SMILES string of the molecule is O=C1CCC(c2cccc(F)c2F)CCC1OC(=O)N1CCC(n2c(=O)[nH]c3ncccc32)CC1. The van der Waals surface area contributed by atoms with Crippen LogP contribution in [-0.4, -0.2) is 50.5 Å². The number of H-pyrrole nitrogens is 1. The maximum absolute atomic E-state index is 14.2. The Bertz CT molecular complexity index is 1310. The first kappa shape index (κ1) is 23.2. The Kier molecular flexibility index (Phi) is 6.36. The molecule has 1 saturated carbocycles. The minimum absolute atomic E-state index is 0.0778. The molecule has 0 bridgehead atoms. The number of pyridine rings is 1. The monoisotopic (exact) mass is 484 g/mol. The van der Waals surface area contributed by atoms with Crippen molar-refractivity contribution in [3.05, 3.63) is 64.2 Å². The molecule has 1 aliphatic carbocycles. The van der Waals surface area contributed by atoms with E-state index in [9.17, 15) is 23.2 Å². The van der Waals surface area contributed by atoms with Crippen LogP contribution in [0.15, 0.2) is 41.3 Å². The van der Waals surface area contributed by atoms with Crippen LogP contribution >= 0.6 is 0 Å². The van der Waals surface area contributed by atoms with E-state index < -0.39 is 23.8 Å². The number of nitrogens with zero attached hydrogens (tertiary/aromatic N) is 3. The minimum atomic E-state index is -0.907. The number of benzene rings is 1. The number of ether oxygens (including phenoxy) is 1. The molecule has 1 aromatic carbocycles. The number of aromatic nitrogens is 3. The van der Waals surface area contributed by atoms with E-state index in [0.717, 1.165) is 11.6 Å². The maximum Gasteiger partial charge on any atom is 0.410 e. The van der Waals surface area contributed by atoms with Crippen LogP contribution in [0.5, 0.6) is 0 Å². The molecule has 2 atom stereocenters. The molecular weight excluding hydrogens is 458 g/mol. The van der Waals surface area contributed by atoms with E-state index in [2.05, 4.69) is 9.97 Å². The lowest BCUT2D eigenvalue weighted by Crippen LogP contribution is -2.42. The molecule has 1 N–H and O–H groups in total. The van der Waals surface area contributed by atoms with E-state index in [-0.39, 0.29) is 41.8 Å². The van der Waals surface area contributed by atoms with Gasteiger partial charge in [0.1, 0.15) is 0 Å². The molecule has 1 saturated heterocycles. The van der Waals surface area contributed by atoms with Gasteiger partial charge in [0.2, 0.25) is 0 Å². The smallest absolute Gasteiger partial charge is 0.410 e. The number of ketones is 1. The number of piperidine rings is 1. The highest BCUT2D eigenvalue weighted by Gasteiger charge is 2.33. The number of rotatable bonds is 3. The summed E-state index contributed by atoms with van der Waals surface area (Å²) in [7, 11) is 0. The molecule has 1 aliphatic heterocycles. The number of likely N-dealkylation sites (tertiary alicyclic amines) is 1. The van der Waals surface area contributed by atoms with Crippen LogP contribution in [0, 0.1) is 11.6 Å². The predicted octanol–water partition coefficient (Wildman–Crippen LogP) is 4.07. The van der Waals surface area contributed by atoms with Gasteiger partial charge in [0.05, 0.1) is 5.52 Å². The second-order valence-electron chi connectivity index (χ2n) is 9.18. The zero-order chi connectivity index (χ0) is 24.5. The Hall–Kier alpha value is -3.56. The lowest BCUT2D eigenvalue weighted by atomic mass is 9.91. The van der Waals surface area contributed by atoms with Crippen molar-refractivity contribution in [2.75, 3.05) is 13.1 Å². The second kappa shape index (κ2) is 9.59. The number of carbonyl (C=O) groups is 2. The zero-order valence-corrected chi connectivity index (χ0v) is 19.1. The maximum atomic E-state index is 14.2. The van der Waals surface area contributed by atoms with Gasteiger partial charge in [0, 0.05) is 31.7 Å². The largest absolute Gasteiger partial charge is 0.438 e. The van der Waals surface area contributed by atoms with Crippen molar-refractivity contribution >= 4 is 23.0 Å². The Morgan fingerprint density at radius 1 is 1.03 bits per heavy atom. The lowest BCUT2D eigenvalue weighted by molar-refractivity contribution is -0.127. The molecule has 5 rings (SSSR count). The Labute approximate surface area is 199 Å². The zero-order valence-electron chi connectivity index (χ0n) is 19.1. The van der Waals surface area contributed by atoms with Crippen LogP contribution in [0.25, 0.3) is 11.2 Å². The van der Waals surface area contributed by atoms with Crippen LogP contribution in [0.2, 0.25) is 0 Å². The molecule has 1 amide bonds. The van der Waals surface area contributed by atoms with Gasteiger partial charge >= 0.3 is 11.8 Å². The number of Topliss-reactive ketones (excluding diaryl/α,β-unsaturated/α-hetero) is 1. The molecule has 184 valence electrons. The molecule has 8 nitrogen and oxygen atoms in total. The van der Waals surface area contributed by atoms with Gasteiger partial charge in [-0.2, -0.15) is 0 Å². The van der Waals surface area contributed by atoms with Crippen molar-refractivity contribution < 1.29 is 23.1 Å². The fourth-order valence-electron chi connectivity index (χ4n) is 5.23. The van der Waals surface area contributed by atoms with Gasteiger partial charge in [-0.1, -0.05) is 12.1 Å². The van der Waals surface area contributed by atoms with Gasteiger partial charge in [-0.05, 0) is 61.8 Å². The number of hydrogen-bond acceptors (Lipinski definition) is 5. The number of carbonyl (C=O) groups excluding carboxylic acids is 2. The van der Waals surface area contributed by atoms with Crippen molar-refractivity contribution in [2.45, 2.75) is 56.6 Å². The number of amides is 1. The summed E-state index contributed by atoms with van der Waals surface area (Å²) in [5.74, 6) is -2.30. The summed E-state index contributed by atoms with van der Waals surface area (Å²) < 4.78 is 35.1. The average Bonchev–Trinajstić information content (AvgIpc) is 3.09. The summed E-state index contributed by atoms with van der Waals surface area (Å²) >= 11 is 0. The van der Waals surface area contributed by atoms with Crippen molar-refractivity contribution in [1.82, 2.24) is 19.4 Å². The number of aromatic amines is 1. The predicted molar refractivity (Wildman–Crippen MR) is 123 cm³/mol. The number of fused-ring (bicyclic) bond motifs is 1. The first-order valence-electron chi connectivity index (χ1n) is 11.9.